The number of nitrogens with zero attached hydrogens (tertiary/aromatic N) is 3. The molecule has 0 aliphatic rings. The first-order chi connectivity index (χ1) is 16.3. The van der Waals surface area contributed by atoms with Crippen LogP contribution in [-0.2, 0) is 27.2 Å². The lowest BCUT2D eigenvalue weighted by Crippen LogP contribution is -2.47. The van der Waals surface area contributed by atoms with Gasteiger partial charge in [0.2, 0.25) is 5.91 Å². The molecule has 3 atom stereocenters. The van der Waals surface area contributed by atoms with E-state index in [2.05, 4.69) is 20.9 Å². The summed E-state index contributed by atoms with van der Waals surface area (Å²) < 4.78 is 6.36. The molecule has 1 heterocycles. The predicted octanol–water partition coefficient (Wildman–Crippen LogP) is 1.34. The zero-order valence-electron chi connectivity index (χ0n) is 19.7. The molecule has 12 heteroatoms. The number of methoxy groups -OCH3 is 1. The Morgan fingerprint density at radius 1 is 1.15 bits per heavy atom. The lowest BCUT2D eigenvalue weighted by Gasteiger charge is -2.23. The maximum Gasteiger partial charge on any atom is 0.338 e. The van der Waals surface area contributed by atoms with E-state index in [1.807, 2.05) is 50.4 Å². The van der Waals surface area contributed by atoms with E-state index in [0.717, 1.165) is 5.56 Å². The average Bonchev–Trinajstić information content (AvgIpc) is 3.26. The van der Waals surface area contributed by atoms with E-state index in [1.165, 1.54) is 23.6 Å². The third-order valence-electron chi connectivity index (χ3n) is 5.09. The van der Waals surface area contributed by atoms with Gasteiger partial charge >= 0.3 is 12.0 Å². The van der Waals surface area contributed by atoms with E-state index in [4.69, 9.17) is 9.94 Å². The number of aromatic nitrogens is 3. The lowest BCUT2D eigenvalue weighted by atomic mass is 10.0. The van der Waals surface area contributed by atoms with Crippen LogP contribution in [0.5, 0.6) is 0 Å². The molecule has 2 aromatic rings. The molecule has 0 unspecified atom stereocenters. The summed E-state index contributed by atoms with van der Waals surface area (Å²) in [4.78, 5) is 37.0. The van der Waals surface area contributed by atoms with Gasteiger partial charge in [0.1, 0.15) is 12.1 Å². The number of rotatable bonds is 12. The number of thioether (sulfide) groups is 1. The maximum absolute atomic E-state index is 13.2. The second-order valence-electron chi connectivity index (χ2n) is 8.09. The van der Waals surface area contributed by atoms with Gasteiger partial charge in [-0.05, 0) is 17.7 Å². The van der Waals surface area contributed by atoms with Crippen molar-refractivity contribution < 1.29 is 24.3 Å². The fourth-order valence-corrected chi connectivity index (χ4v) is 4.14. The van der Waals surface area contributed by atoms with Crippen LogP contribution in [-0.4, -0.2) is 69.3 Å². The van der Waals surface area contributed by atoms with E-state index in [1.54, 1.807) is 11.7 Å². The summed E-state index contributed by atoms with van der Waals surface area (Å²) in [7, 11) is 1.28. The fourth-order valence-electron chi connectivity index (χ4n) is 3.54. The van der Waals surface area contributed by atoms with E-state index >= 15 is 0 Å². The van der Waals surface area contributed by atoms with Gasteiger partial charge in [0.05, 0.1) is 12.8 Å². The van der Waals surface area contributed by atoms with Crippen molar-refractivity contribution >= 4 is 29.7 Å². The Labute approximate surface area is 203 Å². The number of urea groups is 1. The zero-order valence-corrected chi connectivity index (χ0v) is 20.5. The van der Waals surface area contributed by atoms with Gasteiger partial charge in [-0.2, -0.15) is 11.8 Å². The normalized spacial score (nSPS) is 13.6. The van der Waals surface area contributed by atoms with Gasteiger partial charge in [-0.15, -0.1) is 5.10 Å². The largest absolute Gasteiger partial charge is 0.467 e. The van der Waals surface area contributed by atoms with Crippen LogP contribution in [0.25, 0.3) is 0 Å². The van der Waals surface area contributed by atoms with Gasteiger partial charge in [0.25, 0.3) is 0 Å². The summed E-state index contributed by atoms with van der Waals surface area (Å²) in [6, 6.07) is 6.79. The molecule has 1 aromatic heterocycles. The first-order valence-electron chi connectivity index (χ1n) is 10.8. The van der Waals surface area contributed by atoms with Gasteiger partial charge < -0.3 is 15.4 Å². The minimum atomic E-state index is -0.851. The number of carbonyl (C=O) groups is 3. The number of hydrogen-bond acceptors (Lipinski definition) is 8. The minimum absolute atomic E-state index is 0.148. The minimum Gasteiger partial charge on any atom is -0.467 e. The summed E-state index contributed by atoms with van der Waals surface area (Å²) in [6.07, 6.45) is 4.20. The Kier molecular flexibility index (Phi) is 10.8. The van der Waals surface area contributed by atoms with E-state index < -0.39 is 24.1 Å². The van der Waals surface area contributed by atoms with Gasteiger partial charge in [0, 0.05) is 30.8 Å². The van der Waals surface area contributed by atoms with Crippen molar-refractivity contribution in [3.63, 3.8) is 0 Å². The van der Waals surface area contributed by atoms with Crippen LogP contribution in [0.15, 0.2) is 36.5 Å². The van der Waals surface area contributed by atoms with Crippen molar-refractivity contribution in [1.82, 2.24) is 31.1 Å². The highest BCUT2D eigenvalue weighted by Crippen LogP contribution is 2.19. The van der Waals surface area contributed by atoms with Crippen LogP contribution < -0.4 is 16.1 Å². The second-order valence-corrected chi connectivity index (χ2v) is 9.01. The Hall–Kier alpha value is -3.12. The monoisotopic (exact) mass is 492 g/mol. The molecule has 0 saturated carbocycles. The number of esters is 1. The number of amides is 3. The number of benzene rings is 1. The van der Waals surface area contributed by atoms with Gasteiger partial charge in [0.15, 0.2) is 0 Å². The Bertz CT molecular complexity index is 939. The van der Waals surface area contributed by atoms with Crippen LogP contribution >= 0.6 is 11.8 Å². The molecule has 0 saturated heterocycles. The van der Waals surface area contributed by atoms with Crippen LogP contribution in [0.4, 0.5) is 4.79 Å². The van der Waals surface area contributed by atoms with Gasteiger partial charge in [-0.1, -0.05) is 49.4 Å². The smallest absolute Gasteiger partial charge is 0.338 e. The zero-order chi connectivity index (χ0) is 25.1. The molecule has 186 valence electrons. The van der Waals surface area contributed by atoms with Crippen molar-refractivity contribution in [3.05, 3.63) is 47.8 Å². The van der Waals surface area contributed by atoms with Crippen LogP contribution in [0.3, 0.4) is 0 Å². The number of nitrogens with one attached hydrogen (secondary N) is 3. The Morgan fingerprint density at radius 3 is 2.44 bits per heavy atom. The second kappa shape index (κ2) is 13.6. The van der Waals surface area contributed by atoms with Crippen molar-refractivity contribution in [2.24, 2.45) is 5.92 Å². The Balaban J connectivity index is 2.16. The summed E-state index contributed by atoms with van der Waals surface area (Å²) in [6.45, 7) is 3.75. The summed E-state index contributed by atoms with van der Waals surface area (Å²) in [5, 5.41) is 22.5. The molecule has 0 aliphatic heterocycles. The molecule has 0 fully saturated rings. The first kappa shape index (κ1) is 27.1. The number of hydrogen-bond donors (Lipinski definition) is 4. The molecule has 0 aliphatic carbocycles. The van der Waals surface area contributed by atoms with Crippen molar-refractivity contribution in [2.45, 2.75) is 44.8 Å². The molecule has 1 aromatic carbocycles. The quantitative estimate of drug-likeness (QED) is 0.197. The highest BCUT2D eigenvalue weighted by atomic mass is 32.2. The average molecular weight is 493 g/mol. The molecule has 0 spiro atoms. The fraction of sp³-hybridized carbons (Fsp3) is 0.500. The van der Waals surface area contributed by atoms with E-state index in [9.17, 15) is 14.4 Å². The molecule has 11 nitrogen and oxygen atoms in total. The topological polar surface area (TPSA) is 147 Å². The highest BCUT2D eigenvalue weighted by Gasteiger charge is 2.30. The third kappa shape index (κ3) is 8.03. The van der Waals surface area contributed by atoms with Crippen LogP contribution in [0.1, 0.15) is 31.1 Å². The highest BCUT2D eigenvalue weighted by molar-refractivity contribution is 7.98. The van der Waals surface area contributed by atoms with E-state index in [0.29, 0.717) is 24.3 Å². The maximum atomic E-state index is 13.2. The molecular weight excluding hydrogens is 460 g/mol. The molecule has 2 rings (SSSR count). The standard InChI is InChI=1S/C22H32N6O5S/c1-14(2)19(20(29)24-18(21(30)33-3)10-15-8-6-5-7-9-15)28-12-16(25-27-28)11-17(13-34-4)23-22(31)26-32/h5-9,12,14,17-19,32H,10-11,13H2,1-4H3,(H,24,29)(H2,23,26,31)/t17-,18-,19-/m0/s1. The van der Waals surface area contributed by atoms with Gasteiger partial charge in [-0.25, -0.2) is 19.8 Å². The van der Waals surface area contributed by atoms with Gasteiger partial charge in [-0.3, -0.25) is 10.0 Å². The first-order valence-corrected chi connectivity index (χ1v) is 12.2. The van der Waals surface area contributed by atoms with Crippen molar-refractivity contribution in [1.29, 1.82) is 0 Å². The lowest BCUT2D eigenvalue weighted by molar-refractivity contribution is -0.145. The molecule has 0 radical (unpaired) electrons. The molecular formula is C22H32N6O5S. The SMILES string of the molecule is COC(=O)[C@H](Cc1ccccc1)NC(=O)[C@H](C(C)C)n1cc(C[C@@H](CSC)NC(=O)NO)nn1. The number of hydroxylamine groups is 1. The van der Waals surface area contributed by atoms with E-state index in [-0.39, 0.29) is 17.9 Å². The molecule has 3 amide bonds. The molecule has 34 heavy (non-hydrogen) atoms. The summed E-state index contributed by atoms with van der Waals surface area (Å²) in [5.41, 5.74) is 3.02. The van der Waals surface area contributed by atoms with Crippen LogP contribution in [0, 0.1) is 5.92 Å². The molecule has 4 N–H and O–H groups in total. The van der Waals surface area contributed by atoms with Crippen molar-refractivity contribution in [2.75, 3.05) is 19.1 Å². The summed E-state index contributed by atoms with van der Waals surface area (Å²) >= 11 is 1.53. The van der Waals surface area contributed by atoms with Crippen LogP contribution in [0.2, 0.25) is 0 Å². The number of ether oxygens (including phenoxy) is 1. The number of carbonyl (C=O) groups excluding carboxylic acids is 3. The molecule has 0 bridgehead atoms. The van der Waals surface area contributed by atoms with Crippen molar-refractivity contribution in [3.8, 4) is 0 Å². The summed E-state index contributed by atoms with van der Waals surface area (Å²) in [5.74, 6) is -0.470. The third-order valence-corrected chi connectivity index (χ3v) is 5.82. The Morgan fingerprint density at radius 2 is 1.85 bits per heavy atom. The predicted molar refractivity (Wildman–Crippen MR) is 127 cm³/mol.